The summed E-state index contributed by atoms with van der Waals surface area (Å²) in [6.07, 6.45) is 3.35. The van der Waals surface area contributed by atoms with Crippen LogP contribution in [-0.2, 0) is 6.54 Å². The van der Waals surface area contributed by atoms with Crippen LogP contribution in [0.25, 0.3) is 0 Å². The molecule has 0 bridgehead atoms. The summed E-state index contributed by atoms with van der Waals surface area (Å²) >= 11 is 0. The van der Waals surface area contributed by atoms with E-state index < -0.39 is 0 Å². The molecule has 2 rings (SSSR count). The molecule has 100 valence electrons. The van der Waals surface area contributed by atoms with Crippen LogP contribution >= 0.6 is 0 Å². The van der Waals surface area contributed by atoms with Crippen LogP contribution in [0.4, 0.5) is 11.4 Å². The molecule has 19 heavy (non-hydrogen) atoms. The van der Waals surface area contributed by atoms with E-state index in [1.807, 2.05) is 6.92 Å². The first-order valence-corrected chi connectivity index (χ1v) is 6.09. The summed E-state index contributed by atoms with van der Waals surface area (Å²) in [5, 5.41) is 5.93. The topological polar surface area (TPSA) is 95.8 Å². The van der Waals surface area contributed by atoms with E-state index in [0.29, 0.717) is 24.3 Å². The third-order valence-electron chi connectivity index (χ3n) is 2.68. The number of H-pyrrole nitrogens is 1. The Morgan fingerprint density at radius 2 is 2.32 bits per heavy atom. The quantitative estimate of drug-likeness (QED) is 0.609. The highest BCUT2D eigenvalue weighted by atomic mass is 16.1. The number of hydrogen-bond donors (Lipinski definition) is 4. The van der Waals surface area contributed by atoms with Gasteiger partial charge in [-0.25, -0.2) is 4.98 Å². The Morgan fingerprint density at radius 1 is 1.47 bits per heavy atom. The fourth-order valence-corrected chi connectivity index (χ4v) is 1.69. The van der Waals surface area contributed by atoms with Crippen molar-refractivity contribution in [3.8, 4) is 0 Å². The minimum absolute atomic E-state index is 0.105. The van der Waals surface area contributed by atoms with Crippen molar-refractivity contribution in [3.05, 3.63) is 42.0 Å². The number of carbonyl (C=O) groups is 1. The Labute approximate surface area is 111 Å². The van der Waals surface area contributed by atoms with E-state index in [0.717, 1.165) is 11.4 Å². The average molecular weight is 259 g/mol. The van der Waals surface area contributed by atoms with Gasteiger partial charge in [0.2, 0.25) is 0 Å². The van der Waals surface area contributed by atoms with Gasteiger partial charge in [0.1, 0.15) is 0 Å². The van der Waals surface area contributed by atoms with Crippen LogP contribution in [0.15, 0.2) is 30.7 Å². The Bertz CT molecular complexity index is 550. The van der Waals surface area contributed by atoms with Crippen LogP contribution in [-0.4, -0.2) is 22.4 Å². The van der Waals surface area contributed by atoms with Crippen molar-refractivity contribution in [1.29, 1.82) is 0 Å². The molecule has 6 nitrogen and oxygen atoms in total. The normalized spacial score (nSPS) is 10.2. The van der Waals surface area contributed by atoms with Gasteiger partial charge in [0.25, 0.3) is 5.91 Å². The summed E-state index contributed by atoms with van der Waals surface area (Å²) in [7, 11) is 0. The van der Waals surface area contributed by atoms with Crippen LogP contribution in [0.5, 0.6) is 0 Å². The van der Waals surface area contributed by atoms with Crippen molar-refractivity contribution in [2.24, 2.45) is 0 Å². The van der Waals surface area contributed by atoms with E-state index in [2.05, 4.69) is 20.6 Å². The van der Waals surface area contributed by atoms with E-state index in [9.17, 15) is 4.79 Å². The van der Waals surface area contributed by atoms with E-state index >= 15 is 0 Å². The van der Waals surface area contributed by atoms with Crippen molar-refractivity contribution in [3.63, 3.8) is 0 Å². The molecule has 0 spiro atoms. The number of aromatic nitrogens is 2. The number of amides is 1. The lowest BCUT2D eigenvalue weighted by atomic mass is 10.1. The fraction of sp³-hybridized carbons (Fsp3) is 0.231. The molecular formula is C13H17N5O. The SMILES string of the molecule is CCNC(=O)c1ccc(N)c(NCc2cnc[nH]2)c1. The first kappa shape index (κ1) is 12.9. The lowest BCUT2D eigenvalue weighted by molar-refractivity contribution is 0.0956. The average Bonchev–Trinajstić information content (AvgIpc) is 2.91. The standard InChI is InChI=1S/C13H17N5O/c1-2-16-13(19)9-3-4-11(14)12(5-9)17-7-10-6-15-8-18-10/h3-6,8,17H,2,7,14H2,1H3,(H,15,18)(H,16,19). The van der Waals surface area contributed by atoms with Gasteiger partial charge in [0.15, 0.2) is 0 Å². The lowest BCUT2D eigenvalue weighted by Crippen LogP contribution is -2.22. The van der Waals surface area contributed by atoms with Gasteiger partial charge in [-0.2, -0.15) is 0 Å². The maximum atomic E-state index is 11.7. The summed E-state index contributed by atoms with van der Waals surface area (Å²) in [6.45, 7) is 3.05. The van der Waals surface area contributed by atoms with Crippen molar-refractivity contribution >= 4 is 17.3 Å². The zero-order valence-corrected chi connectivity index (χ0v) is 10.7. The Hall–Kier alpha value is -2.50. The third-order valence-corrected chi connectivity index (χ3v) is 2.68. The minimum Gasteiger partial charge on any atom is -0.397 e. The van der Waals surface area contributed by atoms with Gasteiger partial charge in [-0.3, -0.25) is 4.79 Å². The van der Waals surface area contributed by atoms with Gasteiger partial charge in [-0.05, 0) is 25.1 Å². The van der Waals surface area contributed by atoms with Crippen molar-refractivity contribution in [1.82, 2.24) is 15.3 Å². The van der Waals surface area contributed by atoms with Crippen molar-refractivity contribution < 1.29 is 4.79 Å². The number of benzene rings is 1. The highest BCUT2D eigenvalue weighted by Crippen LogP contribution is 2.20. The van der Waals surface area contributed by atoms with E-state index in [1.54, 1.807) is 30.7 Å². The molecule has 1 aromatic heterocycles. The summed E-state index contributed by atoms with van der Waals surface area (Å²) < 4.78 is 0. The number of aromatic amines is 1. The number of imidazole rings is 1. The first-order chi connectivity index (χ1) is 9.20. The molecular weight excluding hydrogens is 242 g/mol. The van der Waals surface area contributed by atoms with Gasteiger partial charge in [-0.15, -0.1) is 0 Å². The Morgan fingerprint density at radius 3 is 3.00 bits per heavy atom. The predicted octanol–water partition coefficient (Wildman–Crippen LogP) is 1.35. The molecule has 0 saturated heterocycles. The number of nitrogens with zero attached hydrogens (tertiary/aromatic N) is 1. The van der Waals surface area contributed by atoms with Crippen LogP contribution in [0, 0.1) is 0 Å². The van der Waals surface area contributed by atoms with Gasteiger partial charge >= 0.3 is 0 Å². The summed E-state index contributed by atoms with van der Waals surface area (Å²) in [5.74, 6) is -0.105. The second kappa shape index (κ2) is 5.90. The second-order valence-electron chi connectivity index (χ2n) is 4.09. The number of nitrogens with two attached hydrogens (primary N) is 1. The molecule has 6 heteroatoms. The maximum absolute atomic E-state index is 11.7. The minimum atomic E-state index is -0.105. The highest BCUT2D eigenvalue weighted by molar-refractivity contribution is 5.96. The first-order valence-electron chi connectivity index (χ1n) is 6.09. The smallest absolute Gasteiger partial charge is 0.251 e. The fourth-order valence-electron chi connectivity index (χ4n) is 1.69. The van der Waals surface area contributed by atoms with Crippen molar-refractivity contribution in [2.45, 2.75) is 13.5 Å². The van der Waals surface area contributed by atoms with Crippen LogP contribution in [0.3, 0.4) is 0 Å². The summed E-state index contributed by atoms with van der Waals surface area (Å²) in [5.41, 5.74) is 8.76. The van der Waals surface area contributed by atoms with E-state index in [4.69, 9.17) is 5.73 Å². The molecule has 0 aliphatic carbocycles. The van der Waals surface area contributed by atoms with E-state index in [-0.39, 0.29) is 5.91 Å². The van der Waals surface area contributed by atoms with Crippen LogP contribution < -0.4 is 16.4 Å². The molecule has 0 atom stereocenters. The molecule has 0 aliphatic heterocycles. The third kappa shape index (κ3) is 3.25. The predicted molar refractivity (Wildman–Crippen MR) is 74.8 cm³/mol. The molecule has 5 N–H and O–H groups in total. The van der Waals surface area contributed by atoms with Gasteiger partial charge < -0.3 is 21.4 Å². The zero-order chi connectivity index (χ0) is 13.7. The Balaban J connectivity index is 2.10. The molecule has 0 saturated carbocycles. The molecule has 2 aromatic rings. The number of nitrogens with one attached hydrogen (secondary N) is 3. The summed E-state index contributed by atoms with van der Waals surface area (Å²) in [6, 6.07) is 5.18. The zero-order valence-electron chi connectivity index (χ0n) is 10.7. The molecule has 0 fully saturated rings. The molecule has 1 heterocycles. The van der Waals surface area contributed by atoms with Crippen molar-refractivity contribution in [2.75, 3.05) is 17.6 Å². The lowest BCUT2D eigenvalue weighted by Gasteiger charge is -2.10. The Kier molecular flexibility index (Phi) is 4.02. The summed E-state index contributed by atoms with van der Waals surface area (Å²) in [4.78, 5) is 18.7. The molecule has 1 aromatic carbocycles. The highest BCUT2D eigenvalue weighted by Gasteiger charge is 2.07. The van der Waals surface area contributed by atoms with E-state index in [1.165, 1.54) is 0 Å². The number of hydrogen-bond acceptors (Lipinski definition) is 4. The van der Waals surface area contributed by atoms with Crippen LogP contribution in [0.2, 0.25) is 0 Å². The maximum Gasteiger partial charge on any atom is 0.251 e. The van der Waals surface area contributed by atoms with Crippen LogP contribution in [0.1, 0.15) is 23.0 Å². The largest absolute Gasteiger partial charge is 0.397 e. The van der Waals surface area contributed by atoms with Gasteiger partial charge in [-0.1, -0.05) is 0 Å². The molecule has 0 aliphatic rings. The monoisotopic (exact) mass is 259 g/mol. The number of nitrogen functional groups attached to an aromatic ring is 1. The molecule has 0 unspecified atom stereocenters. The van der Waals surface area contributed by atoms with Gasteiger partial charge in [0.05, 0.1) is 29.9 Å². The number of anilines is 2. The molecule has 1 amide bonds. The second-order valence-corrected chi connectivity index (χ2v) is 4.09. The number of carbonyl (C=O) groups excluding carboxylic acids is 1. The molecule has 0 radical (unpaired) electrons. The number of rotatable bonds is 5. The van der Waals surface area contributed by atoms with Gasteiger partial charge in [0, 0.05) is 18.3 Å².